The average Bonchev–Trinajstić information content (AvgIpc) is 3.11. The Hall–Kier alpha value is -2.77. The number of aryl methyl sites for hydroxylation is 1. The van der Waals surface area contributed by atoms with Gasteiger partial charge in [-0.05, 0) is 24.6 Å². The molecule has 1 unspecified atom stereocenters. The van der Waals surface area contributed by atoms with Gasteiger partial charge in [0, 0.05) is 10.9 Å². The molecule has 28 heavy (non-hydrogen) atoms. The van der Waals surface area contributed by atoms with Gasteiger partial charge >= 0.3 is 5.97 Å². The third kappa shape index (κ3) is 4.74. The van der Waals surface area contributed by atoms with E-state index in [1.807, 2.05) is 31.2 Å². The number of thiazole rings is 1. The van der Waals surface area contributed by atoms with Crippen LogP contribution in [0.1, 0.15) is 22.9 Å². The van der Waals surface area contributed by atoms with Crippen molar-refractivity contribution in [3.05, 3.63) is 75.5 Å². The van der Waals surface area contributed by atoms with Crippen molar-refractivity contribution >= 4 is 34.8 Å². The SMILES string of the molecule is Cc1ccc(-c2nc(CC(=O)NC(C(=O)O)c3ccc(Cl)c(F)c3)cs2)cc1. The van der Waals surface area contributed by atoms with Gasteiger partial charge in [-0.2, -0.15) is 0 Å². The van der Waals surface area contributed by atoms with E-state index < -0.39 is 23.7 Å². The molecule has 1 heterocycles. The summed E-state index contributed by atoms with van der Waals surface area (Å²) in [7, 11) is 0. The first-order valence-electron chi connectivity index (χ1n) is 8.32. The maximum Gasteiger partial charge on any atom is 0.330 e. The highest BCUT2D eigenvalue weighted by atomic mass is 35.5. The van der Waals surface area contributed by atoms with Gasteiger partial charge in [0.15, 0.2) is 6.04 Å². The molecule has 0 aliphatic rings. The number of aromatic nitrogens is 1. The number of nitrogens with zero attached hydrogens (tertiary/aromatic N) is 1. The minimum absolute atomic E-state index is 0.0811. The van der Waals surface area contributed by atoms with Gasteiger partial charge in [-0.3, -0.25) is 4.79 Å². The first-order valence-corrected chi connectivity index (χ1v) is 9.58. The third-order valence-electron chi connectivity index (χ3n) is 4.02. The maximum atomic E-state index is 13.6. The third-order valence-corrected chi connectivity index (χ3v) is 5.27. The monoisotopic (exact) mass is 418 g/mol. The van der Waals surface area contributed by atoms with Gasteiger partial charge in [-0.25, -0.2) is 14.2 Å². The minimum Gasteiger partial charge on any atom is -0.479 e. The molecule has 3 aromatic rings. The van der Waals surface area contributed by atoms with Gasteiger partial charge in [-0.15, -0.1) is 11.3 Å². The van der Waals surface area contributed by atoms with E-state index in [9.17, 15) is 19.1 Å². The number of carboxylic acids is 1. The highest BCUT2D eigenvalue weighted by Crippen LogP contribution is 2.25. The molecule has 0 aliphatic carbocycles. The summed E-state index contributed by atoms with van der Waals surface area (Å²) in [5.41, 5.74) is 2.71. The second-order valence-corrected chi connectivity index (χ2v) is 7.46. The van der Waals surface area contributed by atoms with E-state index in [-0.39, 0.29) is 17.0 Å². The van der Waals surface area contributed by atoms with Gasteiger partial charge in [0.25, 0.3) is 0 Å². The van der Waals surface area contributed by atoms with Crippen LogP contribution in [-0.2, 0) is 16.0 Å². The highest BCUT2D eigenvalue weighted by molar-refractivity contribution is 7.13. The van der Waals surface area contributed by atoms with E-state index in [1.54, 1.807) is 5.38 Å². The van der Waals surface area contributed by atoms with E-state index in [1.165, 1.54) is 23.5 Å². The van der Waals surface area contributed by atoms with Crippen LogP contribution in [-0.4, -0.2) is 22.0 Å². The maximum absolute atomic E-state index is 13.6. The number of carbonyl (C=O) groups is 2. The van der Waals surface area contributed by atoms with Crippen molar-refractivity contribution in [2.75, 3.05) is 0 Å². The molecule has 0 saturated heterocycles. The zero-order valence-corrected chi connectivity index (χ0v) is 16.4. The molecule has 0 radical (unpaired) electrons. The van der Waals surface area contributed by atoms with Crippen LogP contribution in [0.2, 0.25) is 5.02 Å². The summed E-state index contributed by atoms with van der Waals surface area (Å²) in [6.07, 6.45) is -0.0811. The molecule has 8 heteroatoms. The minimum atomic E-state index is -1.38. The van der Waals surface area contributed by atoms with Crippen molar-refractivity contribution in [3.8, 4) is 10.6 Å². The van der Waals surface area contributed by atoms with Crippen molar-refractivity contribution in [3.63, 3.8) is 0 Å². The molecular weight excluding hydrogens is 403 g/mol. The molecule has 144 valence electrons. The van der Waals surface area contributed by atoms with Gasteiger partial charge < -0.3 is 10.4 Å². The Morgan fingerprint density at radius 1 is 1.25 bits per heavy atom. The number of benzene rings is 2. The lowest BCUT2D eigenvalue weighted by Crippen LogP contribution is -2.34. The molecule has 1 atom stereocenters. The molecule has 0 bridgehead atoms. The molecule has 5 nitrogen and oxygen atoms in total. The van der Waals surface area contributed by atoms with Crippen LogP contribution in [0.3, 0.4) is 0 Å². The number of hydrogen-bond acceptors (Lipinski definition) is 4. The lowest BCUT2D eigenvalue weighted by molar-refractivity contribution is -0.142. The number of aliphatic carboxylic acids is 1. The fraction of sp³-hybridized carbons (Fsp3) is 0.150. The second-order valence-electron chi connectivity index (χ2n) is 6.20. The van der Waals surface area contributed by atoms with Crippen LogP contribution in [0.4, 0.5) is 4.39 Å². The Labute approximate surface area is 169 Å². The summed E-state index contributed by atoms with van der Waals surface area (Å²) in [5.74, 6) is -2.57. The Morgan fingerprint density at radius 2 is 1.96 bits per heavy atom. The standard InChI is InChI=1S/C20H16ClFN2O3S/c1-11-2-4-12(5-3-11)19-23-14(10-28-19)9-17(25)24-18(20(26)27)13-6-7-15(21)16(22)8-13/h2-8,10,18H,9H2,1H3,(H,24,25)(H,26,27). The van der Waals surface area contributed by atoms with Gasteiger partial charge in [-0.1, -0.05) is 47.5 Å². The van der Waals surface area contributed by atoms with E-state index >= 15 is 0 Å². The largest absolute Gasteiger partial charge is 0.479 e. The lowest BCUT2D eigenvalue weighted by atomic mass is 10.1. The Balaban J connectivity index is 1.70. The molecule has 0 saturated carbocycles. The fourth-order valence-corrected chi connectivity index (χ4v) is 3.52. The number of nitrogens with one attached hydrogen (secondary N) is 1. The predicted octanol–water partition coefficient (Wildman–Crippen LogP) is 4.40. The summed E-state index contributed by atoms with van der Waals surface area (Å²) in [4.78, 5) is 28.3. The number of hydrogen-bond donors (Lipinski definition) is 2. The molecule has 0 aliphatic heterocycles. The lowest BCUT2D eigenvalue weighted by Gasteiger charge is -2.15. The summed E-state index contributed by atoms with van der Waals surface area (Å²) < 4.78 is 13.6. The molecule has 1 amide bonds. The first-order chi connectivity index (χ1) is 13.3. The smallest absolute Gasteiger partial charge is 0.330 e. The summed E-state index contributed by atoms with van der Waals surface area (Å²) >= 11 is 7.03. The Bertz CT molecular complexity index is 1020. The number of rotatable bonds is 6. The number of carboxylic acid groups (broad SMARTS) is 1. The van der Waals surface area contributed by atoms with E-state index in [4.69, 9.17) is 11.6 Å². The zero-order chi connectivity index (χ0) is 20.3. The second kappa shape index (κ2) is 8.50. The number of halogens is 2. The van der Waals surface area contributed by atoms with Crippen LogP contribution in [0.25, 0.3) is 10.6 Å². The van der Waals surface area contributed by atoms with Gasteiger partial charge in [0.2, 0.25) is 5.91 Å². The van der Waals surface area contributed by atoms with E-state index in [2.05, 4.69) is 10.3 Å². The van der Waals surface area contributed by atoms with Crippen molar-refractivity contribution < 1.29 is 19.1 Å². The molecule has 0 fully saturated rings. The molecule has 1 aromatic heterocycles. The van der Waals surface area contributed by atoms with E-state index in [0.29, 0.717) is 5.69 Å². The number of carbonyl (C=O) groups excluding carboxylic acids is 1. The van der Waals surface area contributed by atoms with Crippen LogP contribution >= 0.6 is 22.9 Å². The summed E-state index contributed by atoms with van der Waals surface area (Å²) in [6, 6.07) is 10.1. The van der Waals surface area contributed by atoms with Crippen molar-refractivity contribution in [1.82, 2.24) is 10.3 Å². The highest BCUT2D eigenvalue weighted by Gasteiger charge is 2.23. The van der Waals surface area contributed by atoms with Gasteiger partial charge in [0.1, 0.15) is 10.8 Å². The molecule has 3 rings (SSSR count). The first kappa shape index (κ1) is 20.0. The van der Waals surface area contributed by atoms with Crippen LogP contribution in [0.15, 0.2) is 47.8 Å². The van der Waals surface area contributed by atoms with Crippen molar-refractivity contribution in [1.29, 1.82) is 0 Å². The number of amides is 1. The predicted molar refractivity (Wildman–Crippen MR) is 106 cm³/mol. The van der Waals surface area contributed by atoms with Gasteiger partial charge in [0.05, 0.1) is 17.1 Å². The summed E-state index contributed by atoms with van der Waals surface area (Å²) in [5, 5.41) is 14.2. The molecule has 2 N–H and O–H groups in total. The Morgan fingerprint density at radius 3 is 2.61 bits per heavy atom. The van der Waals surface area contributed by atoms with Crippen LogP contribution in [0.5, 0.6) is 0 Å². The Kier molecular flexibility index (Phi) is 6.06. The zero-order valence-electron chi connectivity index (χ0n) is 14.8. The molecule has 0 spiro atoms. The summed E-state index contributed by atoms with van der Waals surface area (Å²) in [6.45, 7) is 1.99. The van der Waals surface area contributed by atoms with Crippen LogP contribution < -0.4 is 5.32 Å². The van der Waals surface area contributed by atoms with Crippen molar-refractivity contribution in [2.24, 2.45) is 0 Å². The van der Waals surface area contributed by atoms with Crippen LogP contribution in [0, 0.1) is 12.7 Å². The quantitative estimate of drug-likeness (QED) is 0.622. The van der Waals surface area contributed by atoms with Crippen molar-refractivity contribution in [2.45, 2.75) is 19.4 Å². The molecule has 2 aromatic carbocycles. The molecular formula is C20H16ClFN2O3S. The average molecular weight is 419 g/mol. The topological polar surface area (TPSA) is 79.3 Å². The van der Waals surface area contributed by atoms with E-state index in [0.717, 1.165) is 22.2 Å². The fourth-order valence-electron chi connectivity index (χ4n) is 2.57. The normalized spacial score (nSPS) is 11.8.